The van der Waals surface area contributed by atoms with E-state index in [1.165, 1.54) is 7.11 Å². The van der Waals surface area contributed by atoms with Crippen molar-refractivity contribution in [1.82, 2.24) is 19.9 Å². The van der Waals surface area contributed by atoms with Gasteiger partial charge in [0.1, 0.15) is 10.8 Å². The normalized spacial score (nSPS) is 15.3. The molecule has 1 aliphatic rings. The second-order valence-corrected chi connectivity index (χ2v) is 7.84. The number of ether oxygens (including phenoxy) is 1. The molecule has 1 amide bonds. The van der Waals surface area contributed by atoms with E-state index >= 15 is 0 Å². The zero-order valence-corrected chi connectivity index (χ0v) is 17.4. The molecule has 4 rings (SSSR count). The van der Waals surface area contributed by atoms with E-state index < -0.39 is 17.8 Å². The average Bonchev–Trinajstić information content (AvgIpc) is 3.10. The van der Waals surface area contributed by atoms with Crippen LogP contribution in [-0.2, 0) is 6.18 Å². The number of rotatable bonds is 4. The topological polar surface area (TPSA) is 68.5 Å². The number of hydrogen-bond acceptors (Lipinski definition) is 4. The average molecular weight is 453 g/mol. The Labute approximate surface area is 181 Å². The predicted octanol–water partition coefficient (Wildman–Crippen LogP) is 5.14. The summed E-state index contributed by atoms with van der Waals surface area (Å²) in [6, 6.07) is 7.29. The molecule has 1 saturated carbocycles. The van der Waals surface area contributed by atoms with Crippen LogP contribution in [0.25, 0.3) is 16.9 Å². The summed E-state index contributed by atoms with van der Waals surface area (Å²) in [6.45, 7) is 0. The number of fused-ring (bicyclic) bond motifs is 1. The highest BCUT2D eigenvalue weighted by molar-refractivity contribution is 6.36. The molecule has 2 aromatic heterocycles. The monoisotopic (exact) mass is 452 g/mol. The summed E-state index contributed by atoms with van der Waals surface area (Å²) in [5, 5.41) is 6.49. The molecule has 0 radical (unpaired) electrons. The third kappa shape index (κ3) is 4.32. The Morgan fingerprint density at radius 1 is 1.19 bits per heavy atom. The minimum atomic E-state index is -4.73. The fourth-order valence-corrected chi connectivity index (χ4v) is 3.99. The summed E-state index contributed by atoms with van der Waals surface area (Å²) in [6.07, 6.45) is 0.0157. The number of methoxy groups -OCH3 is 1. The smallest absolute Gasteiger partial charge is 0.433 e. The number of halogens is 4. The number of carbonyl (C=O) groups excluding carboxylic acids is 1. The van der Waals surface area contributed by atoms with Crippen LogP contribution in [0.15, 0.2) is 30.3 Å². The van der Waals surface area contributed by atoms with Crippen molar-refractivity contribution < 1.29 is 22.7 Å². The van der Waals surface area contributed by atoms with Crippen LogP contribution in [0, 0.1) is 0 Å². The standard InChI is InChI=1S/C21H20ClF3N4O2/c1-31-14-9-7-12(8-10-14)15-11-16(21(23,24)25)29-19(27-15)17(22)18(28-29)20(30)26-13-5-3-2-4-6-13/h7-11,13H,2-6H2,1H3,(H,26,30). The first-order chi connectivity index (χ1) is 14.8. The predicted molar refractivity (Wildman–Crippen MR) is 109 cm³/mol. The van der Waals surface area contributed by atoms with Gasteiger partial charge >= 0.3 is 6.18 Å². The van der Waals surface area contributed by atoms with Crippen molar-refractivity contribution in [2.24, 2.45) is 0 Å². The number of benzene rings is 1. The van der Waals surface area contributed by atoms with Crippen LogP contribution >= 0.6 is 11.6 Å². The lowest BCUT2D eigenvalue weighted by atomic mass is 9.95. The maximum Gasteiger partial charge on any atom is 0.433 e. The van der Waals surface area contributed by atoms with Crippen molar-refractivity contribution in [1.29, 1.82) is 0 Å². The molecular formula is C21H20ClF3N4O2. The fourth-order valence-electron chi connectivity index (χ4n) is 3.75. The Balaban J connectivity index is 1.78. The maximum absolute atomic E-state index is 13.8. The first-order valence-corrected chi connectivity index (χ1v) is 10.3. The number of nitrogens with zero attached hydrogens (tertiary/aromatic N) is 3. The van der Waals surface area contributed by atoms with Crippen LogP contribution in [-0.4, -0.2) is 33.7 Å². The summed E-state index contributed by atoms with van der Waals surface area (Å²) in [5.41, 5.74) is -1.06. The molecule has 0 saturated heterocycles. The van der Waals surface area contributed by atoms with E-state index in [1.54, 1.807) is 24.3 Å². The van der Waals surface area contributed by atoms with Gasteiger partial charge in [0, 0.05) is 11.6 Å². The fraction of sp³-hybridized carbons (Fsp3) is 0.381. The Hall–Kier alpha value is -2.81. The van der Waals surface area contributed by atoms with Gasteiger partial charge in [0.05, 0.1) is 12.8 Å². The number of alkyl halides is 3. The van der Waals surface area contributed by atoms with Gasteiger partial charge in [-0.3, -0.25) is 4.79 Å². The quantitative estimate of drug-likeness (QED) is 0.595. The van der Waals surface area contributed by atoms with Crippen molar-refractivity contribution in [2.45, 2.75) is 44.3 Å². The number of nitrogens with one attached hydrogen (secondary N) is 1. The van der Waals surface area contributed by atoms with E-state index in [0.717, 1.165) is 38.2 Å². The number of aromatic nitrogens is 3. The van der Waals surface area contributed by atoms with Crippen LogP contribution in [0.1, 0.15) is 48.3 Å². The molecule has 2 heterocycles. The Bertz CT molecular complexity index is 1110. The van der Waals surface area contributed by atoms with E-state index in [9.17, 15) is 18.0 Å². The lowest BCUT2D eigenvalue weighted by Gasteiger charge is -2.22. The van der Waals surface area contributed by atoms with Gasteiger partial charge < -0.3 is 10.1 Å². The minimum absolute atomic E-state index is 0.0352. The van der Waals surface area contributed by atoms with Gasteiger partial charge in [0.2, 0.25) is 0 Å². The van der Waals surface area contributed by atoms with Gasteiger partial charge in [-0.1, -0.05) is 30.9 Å². The summed E-state index contributed by atoms with van der Waals surface area (Å²) >= 11 is 6.30. The highest BCUT2D eigenvalue weighted by atomic mass is 35.5. The lowest BCUT2D eigenvalue weighted by Crippen LogP contribution is -2.36. The molecule has 1 aromatic carbocycles. The number of carbonyl (C=O) groups is 1. The molecule has 1 N–H and O–H groups in total. The third-order valence-corrected chi connectivity index (χ3v) is 5.71. The maximum atomic E-state index is 13.8. The Morgan fingerprint density at radius 3 is 2.48 bits per heavy atom. The van der Waals surface area contributed by atoms with Crippen molar-refractivity contribution in [3.8, 4) is 17.0 Å². The zero-order valence-electron chi connectivity index (χ0n) is 16.7. The SMILES string of the molecule is COc1ccc(-c2cc(C(F)(F)F)n3nc(C(=O)NC4CCCCC4)c(Cl)c3n2)cc1. The highest BCUT2D eigenvalue weighted by Gasteiger charge is 2.37. The zero-order chi connectivity index (χ0) is 22.2. The summed E-state index contributed by atoms with van der Waals surface area (Å²) < 4.78 is 47.1. The minimum Gasteiger partial charge on any atom is -0.497 e. The van der Waals surface area contributed by atoms with Crippen LogP contribution in [0.2, 0.25) is 5.02 Å². The molecule has 164 valence electrons. The van der Waals surface area contributed by atoms with Gasteiger partial charge in [-0.15, -0.1) is 0 Å². The molecule has 10 heteroatoms. The molecule has 0 bridgehead atoms. The first-order valence-electron chi connectivity index (χ1n) is 9.89. The summed E-state index contributed by atoms with van der Waals surface area (Å²) in [7, 11) is 1.49. The second-order valence-electron chi connectivity index (χ2n) is 7.46. The molecule has 0 unspecified atom stereocenters. The van der Waals surface area contributed by atoms with Crippen LogP contribution < -0.4 is 10.1 Å². The van der Waals surface area contributed by atoms with E-state index in [0.29, 0.717) is 15.8 Å². The number of hydrogen-bond donors (Lipinski definition) is 1. The molecule has 3 aromatic rings. The molecule has 6 nitrogen and oxygen atoms in total. The summed E-state index contributed by atoms with van der Waals surface area (Å²) in [4.78, 5) is 17.0. The van der Waals surface area contributed by atoms with Gasteiger partial charge in [-0.25, -0.2) is 9.50 Å². The van der Waals surface area contributed by atoms with Crippen LogP contribution in [0.5, 0.6) is 5.75 Å². The van der Waals surface area contributed by atoms with E-state index in [1.807, 2.05) is 0 Å². The van der Waals surface area contributed by atoms with E-state index in [4.69, 9.17) is 16.3 Å². The lowest BCUT2D eigenvalue weighted by molar-refractivity contribution is -0.142. The Kier molecular flexibility index (Phi) is 5.79. The van der Waals surface area contributed by atoms with Crippen LogP contribution in [0.4, 0.5) is 13.2 Å². The van der Waals surface area contributed by atoms with Gasteiger partial charge in [-0.2, -0.15) is 18.3 Å². The van der Waals surface area contributed by atoms with E-state index in [-0.39, 0.29) is 28.1 Å². The second kappa shape index (κ2) is 8.37. The molecule has 0 aliphatic heterocycles. The first kappa shape index (κ1) is 21.4. The van der Waals surface area contributed by atoms with Crippen molar-refractivity contribution in [3.05, 3.63) is 46.7 Å². The Morgan fingerprint density at radius 2 is 1.87 bits per heavy atom. The number of amides is 1. The van der Waals surface area contributed by atoms with Crippen molar-refractivity contribution >= 4 is 23.2 Å². The van der Waals surface area contributed by atoms with Gasteiger partial charge in [-0.05, 0) is 43.2 Å². The van der Waals surface area contributed by atoms with Crippen LogP contribution in [0.3, 0.4) is 0 Å². The summed E-state index contributed by atoms with van der Waals surface area (Å²) in [5.74, 6) is -0.0357. The molecule has 0 spiro atoms. The van der Waals surface area contributed by atoms with Crippen molar-refractivity contribution in [3.63, 3.8) is 0 Å². The molecule has 31 heavy (non-hydrogen) atoms. The largest absolute Gasteiger partial charge is 0.497 e. The third-order valence-electron chi connectivity index (χ3n) is 5.36. The molecule has 0 atom stereocenters. The molecular weight excluding hydrogens is 433 g/mol. The van der Waals surface area contributed by atoms with Gasteiger partial charge in [0.25, 0.3) is 5.91 Å². The van der Waals surface area contributed by atoms with E-state index in [2.05, 4.69) is 15.4 Å². The van der Waals surface area contributed by atoms with Crippen molar-refractivity contribution in [2.75, 3.05) is 7.11 Å². The molecule has 1 fully saturated rings. The highest BCUT2D eigenvalue weighted by Crippen LogP contribution is 2.35. The molecule has 1 aliphatic carbocycles. The van der Waals surface area contributed by atoms with Gasteiger partial charge in [0.15, 0.2) is 17.0 Å².